The Morgan fingerprint density at radius 1 is 0.758 bits per heavy atom. The zero-order valence-corrected chi connectivity index (χ0v) is 21.9. The van der Waals surface area contributed by atoms with Crippen LogP contribution in [0.3, 0.4) is 0 Å². The van der Waals surface area contributed by atoms with Gasteiger partial charge in [-0.15, -0.1) is 11.3 Å². The van der Waals surface area contributed by atoms with Crippen molar-refractivity contribution < 1.29 is 16.8 Å². The van der Waals surface area contributed by atoms with E-state index in [1.165, 1.54) is 53.8 Å². The highest BCUT2D eigenvalue weighted by atomic mass is 35.5. The number of aryl methyl sites for hydroxylation is 1. The first-order valence-electron chi connectivity index (χ1n) is 8.99. The van der Waals surface area contributed by atoms with Gasteiger partial charge in [0.25, 0.3) is 20.0 Å². The SMILES string of the molecule is Cc1nc2ccc(N(S(=O)(=O)c3cc(Cl)ccc3Cl)S(=O)(=O)c3cc(Cl)ccc3Cl)cc2s1. The van der Waals surface area contributed by atoms with Gasteiger partial charge in [-0.2, -0.15) is 20.5 Å². The number of aromatic nitrogens is 1. The molecule has 0 aliphatic rings. The van der Waals surface area contributed by atoms with Crippen molar-refractivity contribution in [2.75, 3.05) is 3.71 Å². The fourth-order valence-electron chi connectivity index (χ4n) is 3.08. The Labute approximate surface area is 214 Å². The summed E-state index contributed by atoms with van der Waals surface area (Å²) in [7, 11) is -9.59. The minimum absolute atomic E-state index is 0.0599. The predicted octanol–water partition coefficient (Wildman–Crippen LogP) is 6.80. The van der Waals surface area contributed by atoms with Crippen molar-refractivity contribution in [2.24, 2.45) is 0 Å². The van der Waals surface area contributed by atoms with E-state index in [2.05, 4.69) is 4.98 Å². The summed E-state index contributed by atoms with van der Waals surface area (Å²) in [6.45, 7) is 1.78. The third-order valence-corrected chi connectivity index (χ3v) is 11.0. The number of nitrogens with zero attached hydrogens (tertiary/aromatic N) is 2. The van der Waals surface area contributed by atoms with Crippen LogP contribution in [0, 0.1) is 6.92 Å². The Morgan fingerprint density at radius 2 is 1.27 bits per heavy atom. The topological polar surface area (TPSA) is 84.4 Å². The molecule has 0 radical (unpaired) electrons. The molecular weight excluding hydrogens is 570 g/mol. The third kappa shape index (κ3) is 4.55. The molecule has 0 atom stereocenters. The lowest BCUT2D eigenvalue weighted by molar-refractivity contribution is 0.584. The summed E-state index contributed by atoms with van der Waals surface area (Å²) in [6.07, 6.45) is 0. The highest BCUT2D eigenvalue weighted by Gasteiger charge is 2.39. The van der Waals surface area contributed by atoms with Crippen molar-refractivity contribution in [2.45, 2.75) is 16.7 Å². The quantitative estimate of drug-likeness (QED) is 0.259. The number of thiazole rings is 1. The number of rotatable bonds is 5. The lowest BCUT2D eigenvalue weighted by Gasteiger charge is -2.25. The summed E-state index contributed by atoms with van der Waals surface area (Å²) in [5.74, 6) is 0. The van der Waals surface area contributed by atoms with E-state index >= 15 is 0 Å². The molecule has 0 spiro atoms. The second kappa shape index (κ2) is 8.88. The summed E-state index contributed by atoms with van der Waals surface area (Å²) in [6, 6.07) is 11.8. The van der Waals surface area contributed by atoms with Crippen LogP contribution in [0.4, 0.5) is 5.69 Å². The summed E-state index contributed by atoms with van der Waals surface area (Å²) in [5, 5.41) is 0.447. The molecule has 3 aromatic carbocycles. The molecule has 172 valence electrons. The molecule has 0 N–H and O–H groups in total. The minimum atomic E-state index is -4.79. The van der Waals surface area contributed by atoms with Gasteiger partial charge < -0.3 is 0 Å². The number of halogens is 4. The van der Waals surface area contributed by atoms with Crippen LogP contribution < -0.4 is 3.71 Å². The molecule has 13 heteroatoms. The van der Waals surface area contributed by atoms with Gasteiger partial charge in [0.05, 0.1) is 31.0 Å². The molecule has 33 heavy (non-hydrogen) atoms. The maximum Gasteiger partial charge on any atom is 0.279 e. The van der Waals surface area contributed by atoms with E-state index in [9.17, 15) is 16.8 Å². The van der Waals surface area contributed by atoms with E-state index in [0.717, 1.165) is 17.1 Å². The largest absolute Gasteiger partial charge is 0.279 e. The summed E-state index contributed by atoms with van der Waals surface area (Å²) >= 11 is 25.6. The van der Waals surface area contributed by atoms with Crippen molar-refractivity contribution in [3.05, 3.63) is 79.7 Å². The molecule has 0 aliphatic heterocycles. The third-order valence-electron chi connectivity index (χ3n) is 4.47. The van der Waals surface area contributed by atoms with Crippen LogP contribution in [-0.2, 0) is 20.0 Å². The van der Waals surface area contributed by atoms with Crippen LogP contribution in [0.25, 0.3) is 10.2 Å². The van der Waals surface area contributed by atoms with Crippen LogP contribution in [0.15, 0.2) is 64.4 Å². The smallest absolute Gasteiger partial charge is 0.242 e. The average Bonchev–Trinajstić information content (AvgIpc) is 3.10. The normalized spacial score (nSPS) is 12.3. The van der Waals surface area contributed by atoms with E-state index in [-0.39, 0.29) is 29.5 Å². The van der Waals surface area contributed by atoms with Gasteiger partial charge in [-0.25, -0.2) is 4.98 Å². The van der Waals surface area contributed by atoms with Gasteiger partial charge in [-0.3, -0.25) is 0 Å². The number of fused-ring (bicyclic) bond motifs is 1. The second-order valence-corrected chi connectivity index (χ2v) is 13.4. The molecule has 0 aliphatic carbocycles. The van der Waals surface area contributed by atoms with Crippen LogP contribution >= 0.6 is 57.7 Å². The highest BCUT2D eigenvalue weighted by molar-refractivity contribution is 8.10. The number of benzene rings is 3. The Balaban J connectivity index is 2.05. The van der Waals surface area contributed by atoms with Crippen LogP contribution in [0.2, 0.25) is 20.1 Å². The monoisotopic (exact) mass is 580 g/mol. The van der Waals surface area contributed by atoms with E-state index in [1.54, 1.807) is 6.92 Å². The molecule has 0 fully saturated rings. The van der Waals surface area contributed by atoms with Crippen molar-refractivity contribution in [1.29, 1.82) is 0 Å². The first-order valence-corrected chi connectivity index (χ1v) is 14.2. The number of hydrogen-bond acceptors (Lipinski definition) is 6. The lowest BCUT2D eigenvalue weighted by atomic mass is 10.3. The molecule has 0 saturated heterocycles. The molecule has 6 nitrogen and oxygen atoms in total. The fraction of sp³-hybridized carbons (Fsp3) is 0.0500. The first kappa shape index (κ1) is 24.5. The Hall–Kier alpha value is -1.59. The highest BCUT2D eigenvalue weighted by Crippen LogP contribution is 2.38. The molecule has 0 amide bonds. The van der Waals surface area contributed by atoms with Crippen molar-refractivity contribution >= 4 is 93.7 Å². The van der Waals surface area contributed by atoms with E-state index < -0.39 is 29.8 Å². The summed E-state index contributed by atoms with van der Waals surface area (Å²) in [5.41, 5.74) is 0.441. The maximum atomic E-state index is 13.8. The van der Waals surface area contributed by atoms with Gasteiger partial charge in [0.1, 0.15) is 9.79 Å². The molecule has 0 bridgehead atoms. The van der Waals surface area contributed by atoms with Gasteiger partial charge >= 0.3 is 0 Å². The Morgan fingerprint density at radius 3 is 1.79 bits per heavy atom. The second-order valence-electron chi connectivity index (χ2n) is 6.74. The van der Waals surface area contributed by atoms with Crippen LogP contribution in [0.1, 0.15) is 5.01 Å². The number of sulfonamides is 2. The molecule has 4 aromatic rings. The van der Waals surface area contributed by atoms with Crippen LogP contribution in [0.5, 0.6) is 0 Å². The minimum Gasteiger partial charge on any atom is -0.242 e. The van der Waals surface area contributed by atoms with Crippen molar-refractivity contribution in [1.82, 2.24) is 4.98 Å². The molecule has 4 rings (SSSR count). The molecule has 1 aromatic heterocycles. The zero-order valence-electron chi connectivity index (χ0n) is 16.5. The van der Waals surface area contributed by atoms with Gasteiger partial charge in [0.15, 0.2) is 0 Å². The molecular formula is C20H12Cl4N2O4S3. The molecule has 1 heterocycles. The predicted molar refractivity (Wildman–Crippen MR) is 134 cm³/mol. The van der Waals surface area contributed by atoms with Gasteiger partial charge in [-0.05, 0) is 61.5 Å². The Kier molecular flexibility index (Phi) is 6.60. The van der Waals surface area contributed by atoms with Crippen molar-refractivity contribution in [3.63, 3.8) is 0 Å². The van der Waals surface area contributed by atoms with Gasteiger partial charge in [-0.1, -0.05) is 46.4 Å². The summed E-state index contributed by atoms with van der Waals surface area (Å²) in [4.78, 5) is 3.36. The molecule has 0 unspecified atom stereocenters. The fourth-order valence-corrected chi connectivity index (χ4v) is 9.07. The van der Waals surface area contributed by atoms with E-state index in [1.807, 2.05) is 0 Å². The molecule has 0 saturated carbocycles. The van der Waals surface area contributed by atoms with Gasteiger partial charge in [0.2, 0.25) is 0 Å². The maximum absolute atomic E-state index is 13.8. The zero-order chi connectivity index (χ0) is 24.1. The van der Waals surface area contributed by atoms with E-state index in [4.69, 9.17) is 46.4 Å². The first-order chi connectivity index (χ1) is 15.4. The van der Waals surface area contributed by atoms with Crippen molar-refractivity contribution in [3.8, 4) is 0 Å². The number of hydrogen-bond donors (Lipinski definition) is 0. The van der Waals surface area contributed by atoms with E-state index in [0.29, 0.717) is 10.2 Å². The number of anilines is 1. The summed E-state index contributed by atoms with van der Waals surface area (Å²) < 4.78 is 56.0. The Bertz CT molecular complexity index is 1540. The standard InChI is InChI=1S/C20H12Cl4N2O4S3/c1-11-25-17-7-4-14(10-18(17)31-11)26(32(27,28)19-8-12(21)2-5-15(19)23)33(29,30)20-9-13(22)3-6-16(20)24/h2-10H,1H3. The van der Waals surface area contributed by atoms with Crippen LogP contribution in [-0.4, -0.2) is 21.8 Å². The average molecular weight is 582 g/mol. The van der Waals surface area contributed by atoms with Gasteiger partial charge in [0, 0.05) is 10.0 Å². The lowest BCUT2D eigenvalue weighted by Crippen LogP contribution is -2.37.